The average molecular weight is 451 g/mol. The Morgan fingerprint density at radius 1 is 0.853 bits per heavy atom. The number of nitrogens with zero attached hydrogens (tertiary/aromatic N) is 2. The molecule has 7 nitrogen and oxygen atoms in total. The van der Waals surface area contributed by atoms with Gasteiger partial charge in [0.25, 0.3) is 5.91 Å². The van der Waals surface area contributed by atoms with E-state index in [2.05, 4.69) is 11.1 Å². The normalized spacial score (nSPS) is 21.1. The van der Waals surface area contributed by atoms with Crippen LogP contribution in [0.25, 0.3) is 10.9 Å². The zero-order chi connectivity index (χ0) is 22.8. The van der Waals surface area contributed by atoms with Crippen LogP contribution in [0.3, 0.4) is 0 Å². The molecule has 0 spiro atoms. The summed E-state index contributed by atoms with van der Waals surface area (Å²) < 4.78 is 11.3. The van der Waals surface area contributed by atoms with Crippen molar-refractivity contribution in [1.29, 1.82) is 0 Å². The van der Waals surface area contributed by atoms with Crippen LogP contribution in [0.5, 0.6) is 11.5 Å². The molecule has 1 N–H and O–H groups in total. The third-order valence-electron chi connectivity index (χ3n) is 6.95. The van der Waals surface area contributed by atoms with Gasteiger partial charge in [-0.1, -0.05) is 48.5 Å². The Morgan fingerprint density at radius 3 is 2.47 bits per heavy atom. The van der Waals surface area contributed by atoms with Gasteiger partial charge in [0, 0.05) is 29.1 Å². The standard InChI is InChI=1S/C27H21N3O4/c31-26-21-15-19-18-8-4-5-9-20(18)28-24(19)25(16-6-2-1-3-7-16)30(21)27(32)29(26)17-10-11-22-23(14-17)34-13-12-33-22/h1-11,14,21,25,28H,12-13,15H2/t21-,25?/m0/s1. The Morgan fingerprint density at radius 2 is 1.62 bits per heavy atom. The molecule has 0 radical (unpaired) electrons. The number of hydrogen-bond donors (Lipinski definition) is 1. The van der Waals surface area contributed by atoms with Crippen molar-refractivity contribution in [2.45, 2.75) is 18.5 Å². The van der Waals surface area contributed by atoms with E-state index in [0.29, 0.717) is 36.8 Å². The molecule has 0 saturated carbocycles. The molecule has 3 aliphatic rings. The minimum absolute atomic E-state index is 0.224. The van der Waals surface area contributed by atoms with Gasteiger partial charge in [0.15, 0.2) is 11.5 Å². The molecule has 0 bridgehead atoms. The minimum Gasteiger partial charge on any atom is -0.486 e. The maximum atomic E-state index is 13.9. The molecule has 3 aromatic carbocycles. The number of para-hydroxylation sites is 1. The van der Waals surface area contributed by atoms with Crippen LogP contribution >= 0.6 is 0 Å². The number of aromatic nitrogens is 1. The fraction of sp³-hybridized carbons (Fsp3) is 0.185. The summed E-state index contributed by atoms with van der Waals surface area (Å²) in [4.78, 5) is 34.2. The maximum absolute atomic E-state index is 13.9. The van der Waals surface area contributed by atoms with Crippen molar-refractivity contribution in [3.63, 3.8) is 0 Å². The summed E-state index contributed by atoms with van der Waals surface area (Å²) >= 11 is 0. The molecule has 4 aromatic rings. The van der Waals surface area contributed by atoms with E-state index in [4.69, 9.17) is 9.47 Å². The molecule has 168 valence electrons. The number of H-pyrrole nitrogens is 1. The Balaban J connectivity index is 1.37. The smallest absolute Gasteiger partial charge is 0.332 e. The number of fused-ring (bicyclic) bond motifs is 5. The summed E-state index contributed by atoms with van der Waals surface area (Å²) in [5.41, 5.74) is 4.53. The zero-order valence-corrected chi connectivity index (χ0v) is 18.2. The van der Waals surface area contributed by atoms with Crippen molar-refractivity contribution in [3.8, 4) is 11.5 Å². The Kier molecular flexibility index (Phi) is 4.03. The van der Waals surface area contributed by atoms with Gasteiger partial charge in [-0.05, 0) is 29.3 Å². The van der Waals surface area contributed by atoms with Crippen LogP contribution in [0.1, 0.15) is 22.9 Å². The van der Waals surface area contributed by atoms with Gasteiger partial charge in [-0.25, -0.2) is 9.69 Å². The molecular formula is C27H21N3O4. The minimum atomic E-state index is -0.586. The fourth-order valence-corrected chi connectivity index (χ4v) is 5.47. The summed E-state index contributed by atoms with van der Waals surface area (Å²) in [6.07, 6.45) is 0.467. The lowest BCUT2D eigenvalue weighted by Gasteiger charge is -2.36. The first kappa shape index (κ1) is 19.2. The highest BCUT2D eigenvalue weighted by molar-refractivity contribution is 6.22. The first-order chi connectivity index (χ1) is 16.7. The van der Waals surface area contributed by atoms with Crippen LogP contribution < -0.4 is 14.4 Å². The highest BCUT2D eigenvalue weighted by Crippen LogP contribution is 2.45. The first-order valence-electron chi connectivity index (χ1n) is 11.4. The molecule has 1 saturated heterocycles. The number of imide groups is 1. The number of carbonyl (C=O) groups is 2. The van der Waals surface area contributed by atoms with Crippen LogP contribution in [-0.2, 0) is 11.2 Å². The summed E-state index contributed by atoms with van der Waals surface area (Å²) in [5, 5.41) is 1.09. The predicted molar refractivity (Wildman–Crippen MR) is 126 cm³/mol. The third kappa shape index (κ3) is 2.64. The second kappa shape index (κ2) is 7.12. The van der Waals surface area contributed by atoms with Crippen LogP contribution in [0, 0.1) is 0 Å². The second-order valence-electron chi connectivity index (χ2n) is 8.79. The summed E-state index contributed by atoms with van der Waals surface area (Å²) in [7, 11) is 0. The Labute approximate surface area is 195 Å². The van der Waals surface area contributed by atoms with Gasteiger partial charge in [0.2, 0.25) is 0 Å². The Bertz CT molecular complexity index is 1460. The van der Waals surface area contributed by atoms with E-state index in [1.54, 1.807) is 23.1 Å². The quantitative estimate of drug-likeness (QED) is 0.458. The molecule has 1 fully saturated rings. The van der Waals surface area contributed by atoms with Gasteiger partial charge in [-0.3, -0.25) is 9.69 Å². The van der Waals surface area contributed by atoms with Gasteiger partial charge in [-0.2, -0.15) is 0 Å². The Hall–Kier alpha value is -4.26. The van der Waals surface area contributed by atoms with Crippen molar-refractivity contribution in [1.82, 2.24) is 9.88 Å². The largest absolute Gasteiger partial charge is 0.486 e. The number of carbonyl (C=O) groups excluding carboxylic acids is 2. The molecule has 4 heterocycles. The van der Waals surface area contributed by atoms with Gasteiger partial charge in [0.1, 0.15) is 25.3 Å². The number of ether oxygens (including phenoxy) is 2. The maximum Gasteiger partial charge on any atom is 0.332 e. The third-order valence-corrected chi connectivity index (χ3v) is 6.95. The van der Waals surface area contributed by atoms with Crippen molar-refractivity contribution >= 4 is 28.5 Å². The van der Waals surface area contributed by atoms with Crippen molar-refractivity contribution < 1.29 is 19.1 Å². The van der Waals surface area contributed by atoms with E-state index >= 15 is 0 Å². The number of anilines is 1. The highest BCUT2D eigenvalue weighted by Gasteiger charge is 2.53. The van der Waals surface area contributed by atoms with E-state index in [-0.39, 0.29) is 18.0 Å². The number of aromatic amines is 1. The number of urea groups is 1. The number of nitrogens with one attached hydrogen (secondary N) is 1. The number of benzene rings is 3. The highest BCUT2D eigenvalue weighted by atomic mass is 16.6. The number of hydrogen-bond acceptors (Lipinski definition) is 4. The van der Waals surface area contributed by atoms with E-state index in [1.807, 2.05) is 48.5 Å². The van der Waals surface area contributed by atoms with E-state index in [1.165, 1.54) is 4.90 Å². The van der Waals surface area contributed by atoms with Gasteiger partial charge in [-0.15, -0.1) is 0 Å². The topological polar surface area (TPSA) is 74.9 Å². The predicted octanol–water partition coefficient (Wildman–Crippen LogP) is 4.42. The summed E-state index contributed by atoms with van der Waals surface area (Å²) in [6.45, 7) is 0.916. The van der Waals surface area contributed by atoms with Crippen molar-refractivity contribution in [2.75, 3.05) is 18.1 Å². The van der Waals surface area contributed by atoms with E-state index in [9.17, 15) is 9.59 Å². The SMILES string of the molecule is O=C1[C@@H]2Cc3c([nH]c4ccccc34)C(c3ccccc3)N2C(=O)N1c1ccc2c(c1)OCCO2. The molecule has 1 aromatic heterocycles. The van der Waals surface area contributed by atoms with E-state index < -0.39 is 6.04 Å². The van der Waals surface area contributed by atoms with Crippen LogP contribution in [0.15, 0.2) is 72.8 Å². The molecule has 1 unspecified atom stereocenters. The molecule has 3 amide bonds. The molecule has 34 heavy (non-hydrogen) atoms. The molecule has 2 atom stereocenters. The molecule has 3 aliphatic heterocycles. The summed E-state index contributed by atoms with van der Waals surface area (Å²) in [6, 6.07) is 21.9. The lowest BCUT2D eigenvalue weighted by atomic mass is 9.89. The molecular weight excluding hydrogens is 430 g/mol. The van der Waals surface area contributed by atoms with Crippen LogP contribution in [0.2, 0.25) is 0 Å². The number of amides is 3. The fourth-order valence-electron chi connectivity index (χ4n) is 5.47. The summed E-state index contributed by atoms with van der Waals surface area (Å²) in [5.74, 6) is 0.944. The molecule has 7 heteroatoms. The van der Waals surface area contributed by atoms with Crippen LogP contribution in [0.4, 0.5) is 10.5 Å². The lowest BCUT2D eigenvalue weighted by molar-refractivity contribution is -0.120. The van der Waals surface area contributed by atoms with Crippen LogP contribution in [-0.4, -0.2) is 41.1 Å². The molecule has 7 rings (SSSR count). The van der Waals surface area contributed by atoms with Gasteiger partial charge < -0.3 is 14.5 Å². The first-order valence-corrected chi connectivity index (χ1v) is 11.4. The zero-order valence-electron chi connectivity index (χ0n) is 18.2. The van der Waals surface area contributed by atoms with Crippen molar-refractivity contribution in [2.24, 2.45) is 0 Å². The van der Waals surface area contributed by atoms with Gasteiger partial charge in [0.05, 0.1) is 5.69 Å². The van der Waals surface area contributed by atoms with E-state index in [0.717, 1.165) is 27.7 Å². The number of rotatable bonds is 2. The monoisotopic (exact) mass is 451 g/mol. The van der Waals surface area contributed by atoms with Crippen molar-refractivity contribution in [3.05, 3.63) is 89.6 Å². The second-order valence-corrected chi connectivity index (χ2v) is 8.79. The average Bonchev–Trinajstić information content (AvgIpc) is 3.37. The molecule has 0 aliphatic carbocycles. The lowest BCUT2D eigenvalue weighted by Crippen LogP contribution is -2.44. The van der Waals surface area contributed by atoms with Gasteiger partial charge >= 0.3 is 6.03 Å².